The lowest BCUT2D eigenvalue weighted by Gasteiger charge is -2.05. The highest BCUT2D eigenvalue weighted by Gasteiger charge is 2.13. The zero-order valence-electron chi connectivity index (χ0n) is 14.9. The van der Waals surface area contributed by atoms with Gasteiger partial charge in [0.2, 0.25) is 0 Å². The van der Waals surface area contributed by atoms with Gasteiger partial charge in [0.15, 0.2) is 0 Å². The van der Waals surface area contributed by atoms with Crippen molar-refractivity contribution >= 4 is 49.6 Å². The highest BCUT2D eigenvalue weighted by Crippen LogP contribution is 2.25. The third kappa shape index (κ3) is 4.09. The average molecular weight is 449 g/mol. The van der Waals surface area contributed by atoms with E-state index in [1.54, 1.807) is 13.2 Å². The molecule has 0 radical (unpaired) electrons. The Morgan fingerprint density at radius 1 is 1.44 bits per heavy atom. The van der Waals surface area contributed by atoms with Crippen molar-refractivity contribution in [2.45, 2.75) is 20.4 Å². The minimum absolute atomic E-state index is 0.153. The summed E-state index contributed by atoms with van der Waals surface area (Å²) in [6, 6.07) is 5.42. The van der Waals surface area contributed by atoms with Crippen LogP contribution in [0.3, 0.4) is 0 Å². The van der Waals surface area contributed by atoms with E-state index in [2.05, 4.69) is 31.4 Å². The van der Waals surface area contributed by atoms with E-state index in [0.29, 0.717) is 16.0 Å². The van der Waals surface area contributed by atoms with Crippen molar-refractivity contribution < 1.29 is 9.53 Å². The first-order chi connectivity index (χ1) is 12.9. The molecular weight excluding hydrogens is 432 g/mol. The number of carbonyl (C=O) groups is 1. The Kier molecular flexibility index (Phi) is 5.71. The number of carbonyl (C=O) groups excluding carboxylic acids is 1. The highest BCUT2D eigenvalue weighted by atomic mass is 79.9. The topological polar surface area (TPSA) is 85.6 Å². The quantitative estimate of drug-likeness (QED) is 0.480. The molecule has 0 bridgehead atoms. The molecule has 0 spiro atoms. The fourth-order valence-electron chi connectivity index (χ4n) is 2.51. The van der Waals surface area contributed by atoms with Gasteiger partial charge in [0.25, 0.3) is 11.5 Å². The maximum absolute atomic E-state index is 12.6. The zero-order chi connectivity index (χ0) is 19.6. The van der Waals surface area contributed by atoms with E-state index in [9.17, 15) is 9.59 Å². The summed E-state index contributed by atoms with van der Waals surface area (Å²) in [6.45, 7) is 3.68. The number of hydrogen-bond acceptors (Lipinski definition) is 6. The Hall–Kier alpha value is -2.52. The van der Waals surface area contributed by atoms with Gasteiger partial charge in [-0.05, 0) is 59.1 Å². The van der Waals surface area contributed by atoms with Crippen molar-refractivity contribution in [3.63, 3.8) is 0 Å². The van der Waals surface area contributed by atoms with E-state index in [4.69, 9.17) is 4.74 Å². The summed E-state index contributed by atoms with van der Waals surface area (Å²) in [6.07, 6.45) is 2.91. The molecule has 0 unspecified atom stereocenters. The van der Waals surface area contributed by atoms with Gasteiger partial charge < -0.3 is 4.74 Å². The lowest BCUT2D eigenvalue weighted by atomic mass is 10.2. The monoisotopic (exact) mass is 448 g/mol. The Morgan fingerprint density at radius 2 is 2.22 bits per heavy atom. The van der Waals surface area contributed by atoms with Crippen LogP contribution in [0.25, 0.3) is 10.2 Å². The first kappa shape index (κ1) is 19.2. The molecular formula is C18H17BrN4O3S. The van der Waals surface area contributed by atoms with Gasteiger partial charge in [-0.25, -0.2) is 10.4 Å². The molecule has 1 amide bonds. The molecule has 2 heterocycles. The maximum atomic E-state index is 12.6. The van der Waals surface area contributed by atoms with Crippen LogP contribution in [-0.4, -0.2) is 28.8 Å². The number of methoxy groups -OCH3 is 1. The molecule has 1 aromatic carbocycles. The van der Waals surface area contributed by atoms with Gasteiger partial charge in [0.1, 0.15) is 17.1 Å². The van der Waals surface area contributed by atoms with Gasteiger partial charge in [-0.1, -0.05) is 0 Å². The summed E-state index contributed by atoms with van der Waals surface area (Å²) in [7, 11) is 1.58. The molecule has 3 aromatic rings. The predicted molar refractivity (Wildman–Crippen MR) is 110 cm³/mol. The Bertz CT molecular complexity index is 1100. The molecule has 0 aliphatic heterocycles. The second kappa shape index (κ2) is 8.01. The summed E-state index contributed by atoms with van der Waals surface area (Å²) in [5, 5.41) is 4.50. The second-order valence-corrected chi connectivity index (χ2v) is 7.89. The van der Waals surface area contributed by atoms with Crippen LogP contribution in [-0.2, 0) is 11.3 Å². The summed E-state index contributed by atoms with van der Waals surface area (Å²) < 4.78 is 7.23. The van der Waals surface area contributed by atoms with E-state index in [0.717, 1.165) is 20.5 Å². The fraction of sp³-hybridized carbons (Fsp3) is 0.222. The standard InChI is InChI=1S/C18H17BrN4O3S/c1-10-11(2)27-17-16(10)18(25)23(9-20-17)8-15(24)22-21-7-12-4-5-14(26-3)13(19)6-12/h4-7,9H,8H2,1-3H3,(H,22,24). The van der Waals surface area contributed by atoms with E-state index < -0.39 is 5.91 Å². The minimum Gasteiger partial charge on any atom is -0.496 e. The third-order valence-corrected chi connectivity index (χ3v) is 5.78. The van der Waals surface area contributed by atoms with Gasteiger partial charge in [-0.2, -0.15) is 5.10 Å². The molecule has 7 nitrogen and oxygen atoms in total. The van der Waals surface area contributed by atoms with Crippen molar-refractivity contribution in [2.24, 2.45) is 5.10 Å². The normalized spacial score (nSPS) is 11.3. The number of benzene rings is 1. The van der Waals surface area contributed by atoms with Crippen molar-refractivity contribution in [2.75, 3.05) is 7.11 Å². The maximum Gasteiger partial charge on any atom is 0.262 e. The van der Waals surface area contributed by atoms with Crippen molar-refractivity contribution in [1.82, 2.24) is 15.0 Å². The number of aromatic nitrogens is 2. The molecule has 0 saturated heterocycles. The number of hydrazone groups is 1. The predicted octanol–water partition coefficient (Wildman–Crippen LogP) is 3.00. The van der Waals surface area contributed by atoms with Gasteiger partial charge in [-0.3, -0.25) is 14.2 Å². The van der Waals surface area contributed by atoms with Gasteiger partial charge >= 0.3 is 0 Å². The fourth-order valence-corrected chi connectivity index (χ4v) is 4.06. The molecule has 0 atom stereocenters. The summed E-state index contributed by atoms with van der Waals surface area (Å²) in [5.41, 5.74) is 3.89. The molecule has 0 saturated carbocycles. The Balaban J connectivity index is 1.70. The van der Waals surface area contributed by atoms with Crippen LogP contribution in [0.2, 0.25) is 0 Å². The van der Waals surface area contributed by atoms with E-state index in [1.807, 2.05) is 26.0 Å². The number of fused-ring (bicyclic) bond motifs is 1. The van der Waals surface area contributed by atoms with Crippen LogP contribution in [0.1, 0.15) is 16.0 Å². The van der Waals surface area contributed by atoms with Gasteiger partial charge in [-0.15, -0.1) is 11.3 Å². The number of thiophene rings is 1. The number of amides is 1. The van der Waals surface area contributed by atoms with Crippen LogP contribution in [0.5, 0.6) is 5.75 Å². The molecule has 1 N–H and O–H groups in total. The molecule has 0 fully saturated rings. The number of aryl methyl sites for hydroxylation is 2. The Labute approximate surface area is 167 Å². The smallest absolute Gasteiger partial charge is 0.262 e. The van der Waals surface area contributed by atoms with Gasteiger partial charge in [0, 0.05) is 4.88 Å². The van der Waals surface area contributed by atoms with Gasteiger partial charge in [0.05, 0.1) is 29.5 Å². The molecule has 0 aliphatic rings. The number of hydrogen-bond donors (Lipinski definition) is 1. The van der Waals surface area contributed by atoms with Crippen LogP contribution < -0.4 is 15.7 Å². The SMILES string of the molecule is COc1ccc(C=NNC(=O)Cn2cnc3sc(C)c(C)c3c2=O)cc1Br. The van der Waals surface area contributed by atoms with Crippen LogP contribution in [0.4, 0.5) is 0 Å². The molecule has 9 heteroatoms. The molecule has 27 heavy (non-hydrogen) atoms. The summed E-state index contributed by atoms with van der Waals surface area (Å²) in [5.74, 6) is 0.295. The summed E-state index contributed by atoms with van der Waals surface area (Å²) in [4.78, 5) is 30.7. The first-order valence-electron chi connectivity index (χ1n) is 8.01. The van der Waals surface area contributed by atoms with Crippen molar-refractivity contribution in [3.05, 3.63) is 55.4 Å². The van der Waals surface area contributed by atoms with Crippen LogP contribution in [0, 0.1) is 13.8 Å². The summed E-state index contributed by atoms with van der Waals surface area (Å²) >= 11 is 4.86. The second-order valence-electron chi connectivity index (χ2n) is 5.83. The molecule has 2 aromatic heterocycles. The van der Waals surface area contributed by atoms with Crippen LogP contribution >= 0.6 is 27.3 Å². The number of nitrogens with one attached hydrogen (secondary N) is 1. The number of halogens is 1. The number of ether oxygens (including phenoxy) is 1. The largest absolute Gasteiger partial charge is 0.496 e. The minimum atomic E-state index is -0.410. The Morgan fingerprint density at radius 3 is 2.93 bits per heavy atom. The first-order valence-corrected chi connectivity index (χ1v) is 9.62. The lowest BCUT2D eigenvalue weighted by molar-refractivity contribution is -0.121. The number of nitrogens with zero attached hydrogens (tertiary/aromatic N) is 3. The number of rotatable bonds is 5. The van der Waals surface area contributed by atoms with Crippen LogP contribution in [0.15, 0.2) is 38.9 Å². The van der Waals surface area contributed by atoms with E-state index in [-0.39, 0.29) is 12.1 Å². The van der Waals surface area contributed by atoms with Crippen molar-refractivity contribution in [3.8, 4) is 5.75 Å². The van der Waals surface area contributed by atoms with E-state index in [1.165, 1.54) is 28.4 Å². The zero-order valence-corrected chi connectivity index (χ0v) is 17.3. The lowest BCUT2D eigenvalue weighted by Crippen LogP contribution is -2.30. The molecule has 3 rings (SSSR count). The molecule has 140 valence electrons. The average Bonchev–Trinajstić information content (AvgIpc) is 2.92. The highest BCUT2D eigenvalue weighted by molar-refractivity contribution is 9.10. The molecule has 0 aliphatic carbocycles. The van der Waals surface area contributed by atoms with E-state index >= 15 is 0 Å². The third-order valence-electron chi connectivity index (χ3n) is 4.05. The van der Waals surface area contributed by atoms with Crippen molar-refractivity contribution in [1.29, 1.82) is 0 Å².